The standard InChI is InChI=1S/C20H23NO4/c1-4-23-19-10-15-9-14(3)25-18(15)11-17(19)21-20(22)12-24-16-7-5-13(2)6-8-16/h5-8,10-11,14H,4,9,12H2,1-3H3,(H,21,22). The van der Waals surface area contributed by atoms with Gasteiger partial charge in [-0.3, -0.25) is 4.79 Å². The number of ether oxygens (including phenoxy) is 3. The summed E-state index contributed by atoms with van der Waals surface area (Å²) in [6.07, 6.45) is 0.987. The molecular formula is C20H23NO4. The Morgan fingerprint density at radius 3 is 2.72 bits per heavy atom. The zero-order valence-electron chi connectivity index (χ0n) is 14.8. The van der Waals surface area contributed by atoms with Crippen molar-refractivity contribution in [1.82, 2.24) is 0 Å². The predicted octanol–water partition coefficient (Wildman–Crippen LogP) is 3.73. The van der Waals surface area contributed by atoms with Gasteiger partial charge < -0.3 is 19.5 Å². The second kappa shape index (κ2) is 7.47. The Morgan fingerprint density at radius 1 is 1.24 bits per heavy atom. The maximum atomic E-state index is 12.2. The van der Waals surface area contributed by atoms with Crippen LogP contribution in [0.15, 0.2) is 36.4 Å². The minimum Gasteiger partial charge on any atom is -0.492 e. The average Bonchev–Trinajstić information content (AvgIpc) is 2.94. The molecule has 2 aromatic carbocycles. The number of amides is 1. The fourth-order valence-electron chi connectivity index (χ4n) is 2.78. The van der Waals surface area contributed by atoms with Gasteiger partial charge in [-0.25, -0.2) is 0 Å². The molecule has 0 spiro atoms. The molecular weight excluding hydrogens is 318 g/mol. The molecule has 1 aliphatic rings. The lowest BCUT2D eigenvalue weighted by molar-refractivity contribution is -0.118. The first kappa shape index (κ1) is 17.1. The lowest BCUT2D eigenvalue weighted by Gasteiger charge is -2.14. The highest BCUT2D eigenvalue weighted by atomic mass is 16.5. The van der Waals surface area contributed by atoms with Crippen LogP contribution in [0.25, 0.3) is 0 Å². The molecule has 1 heterocycles. The van der Waals surface area contributed by atoms with Gasteiger partial charge >= 0.3 is 0 Å². The number of fused-ring (bicyclic) bond motifs is 1. The normalized spacial score (nSPS) is 15.2. The number of rotatable bonds is 6. The molecule has 1 amide bonds. The summed E-state index contributed by atoms with van der Waals surface area (Å²) in [4.78, 5) is 12.2. The smallest absolute Gasteiger partial charge is 0.262 e. The number of benzene rings is 2. The summed E-state index contributed by atoms with van der Waals surface area (Å²) in [6.45, 7) is 6.40. The summed E-state index contributed by atoms with van der Waals surface area (Å²) >= 11 is 0. The highest BCUT2D eigenvalue weighted by Gasteiger charge is 2.22. The summed E-state index contributed by atoms with van der Waals surface area (Å²) < 4.78 is 16.9. The van der Waals surface area contributed by atoms with E-state index in [0.717, 1.165) is 23.3 Å². The van der Waals surface area contributed by atoms with E-state index >= 15 is 0 Å². The van der Waals surface area contributed by atoms with Gasteiger partial charge in [-0.1, -0.05) is 17.7 Å². The summed E-state index contributed by atoms with van der Waals surface area (Å²) in [7, 11) is 0. The third-order valence-electron chi connectivity index (χ3n) is 3.96. The first-order chi connectivity index (χ1) is 12.0. The van der Waals surface area contributed by atoms with E-state index < -0.39 is 0 Å². The molecule has 132 valence electrons. The van der Waals surface area contributed by atoms with E-state index in [1.165, 1.54) is 0 Å². The predicted molar refractivity (Wildman–Crippen MR) is 96.7 cm³/mol. The molecule has 1 aliphatic heterocycles. The lowest BCUT2D eigenvalue weighted by atomic mass is 10.1. The highest BCUT2D eigenvalue weighted by Crippen LogP contribution is 2.38. The van der Waals surface area contributed by atoms with E-state index in [4.69, 9.17) is 14.2 Å². The van der Waals surface area contributed by atoms with E-state index in [1.807, 2.05) is 57.2 Å². The van der Waals surface area contributed by atoms with Crippen molar-refractivity contribution in [2.24, 2.45) is 0 Å². The topological polar surface area (TPSA) is 56.8 Å². The molecule has 3 rings (SSSR count). The fourth-order valence-corrected chi connectivity index (χ4v) is 2.78. The fraction of sp³-hybridized carbons (Fsp3) is 0.350. The summed E-state index contributed by atoms with van der Waals surface area (Å²) in [5.41, 5.74) is 2.85. The van der Waals surface area contributed by atoms with Crippen LogP contribution < -0.4 is 19.5 Å². The van der Waals surface area contributed by atoms with E-state index in [-0.39, 0.29) is 18.6 Å². The van der Waals surface area contributed by atoms with E-state index in [1.54, 1.807) is 0 Å². The van der Waals surface area contributed by atoms with Crippen LogP contribution in [0.1, 0.15) is 25.0 Å². The van der Waals surface area contributed by atoms with E-state index in [0.29, 0.717) is 23.8 Å². The van der Waals surface area contributed by atoms with Gasteiger partial charge in [-0.05, 0) is 39.0 Å². The van der Waals surface area contributed by atoms with Crippen LogP contribution in [0.3, 0.4) is 0 Å². The van der Waals surface area contributed by atoms with Crippen LogP contribution in [0.2, 0.25) is 0 Å². The minimum atomic E-state index is -0.243. The van der Waals surface area contributed by atoms with Gasteiger partial charge in [0.15, 0.2) is 6.61 Å². The Labute approximate surface area is 147 Å². The van der Waals surface area contributed by atoms with Crippen molar-refractivity contribution in [2.45, 2.75) is 33.3 Å². The molecule has 0 fully saturated rings. The largest absolute Gasteiger partial charge is 0.492 e. The molecule has 0 aromatic heterocycles. The van der Waals surface area contributed by atoms with Crippen molar-refractivity contribution in [3.63, 3.8) is 0 Å². The van der Waals surface area contributed by atoms with Gasteiger partial charge in [0.05, 0.1) is 12.3 Å². The second-order valence-corrected chi connectivity index (χ2v) is 6.17. The highest BCUT2D eigenvalue weighted by molar-refractivity contribution is 5.93. The Balaban J connectivity index is 1.67. The summed E-state index contributed by atoms with van der Waals surface area (Å²) in [5, 5.41) is 2.85. The number of hydrogen-bond donors (Lipinski definition) is 1. The molecule has 25 heavy (non-hydrogen) atoms. The maximum absolute atomic E-state index is 12.2. The van der Waals surface area contributed by atoms with Crippen LogP contribution in [0, 0.1) is 6.92 Å². The first-order valence-corrected chi connectivity index (χ1v) is 8.51. The third kappa shape index (κ3) is 4.24. The zero-order chi connectivity index (χ0) is 17.8. The quantitative estimate of drug-likeness (QED) is 0.870. The third-order valence-corrected chi connectivity index (χ3v) is 3.96. The summed E-state index contributed by atoms with van der Waals surface area (Å²) in [6, 6.07) is 11.4. The zero-order valence-corrected chi connectivity index (χ0v) is 14.8. The van der Waals surface area contributed by atoms with Gasteiger partial charge in [-0.15, -0.1) is 0 Å². The Hall–Kier alpha value is -2.69. The Bertz CT molecular complexity index is 755. The van der Waals surface area contributed by atoms with Crippen LogP contribution in [-0.2, 0) is 11.2 Å². The van der Waals surface area contributed by atoms with Crippen molar-refractivity contribution < 1.29 is 19.0 Å². The van der Waals surface area contributed by atoms with Crippen molar-refractivity contribution in [1.29, 1.82) is 0 Å². The van der Waals surface area contributed by atoms with Crippen LogP contribution in [-0.4, -0.2) is 25.2 Å². The van der Waals surface area contributed by atoms with E-state index in [9.17, 15) is 4.79 Å². The van der Waals surface area contributed by atoms with Gasteiger partial charge in [0.1, 0.15) is 23.4 Å². The van der Waals surface area contributed by atoms with Crippen molar-refractivity contribution in [3.05, 3.63) is 47.5 Å². The molecule has 1 atom stereocenters. The maximum Gasteiger partial charge on any atom is 0.262 e. The van der Waals surface area contributed by atoms with Crippen LogP contribution in [0.5, 0.6) is 17.2 Å². The molecule has 5 nitrogen and oxygen atoms in total. The first-order valence-electron chi connectivity index (χ1n) is 8.51. The SMILES string of the molecule is CCOc1cc2c(cc1NC(=O)COc1ccc(C)cc1)OC(C)C2. The Kier molecular flexibility index (Phi) is 5.12. The summed E-state index contributed by atoms with van der Waals surface area (Å²) in [5.74, 6) is 1.87. The molecule has 0 saturated heterocycles. The molecule has 0 aliphatic carbocycles. The van der Waals surface area contributed by atoms with Crippen LogP contribution in [0.4, 0.5) is 5.69 Å². The molecule has 0 saturated carbocycles. The van der Waals surface area contributed by atoms with Crippen molar-refractivity contribution >= 4 is 11.6 Å². The molecule has 0 radical (unpaired) electrons. The van der Waals surface area contributed by atoms with E-state index in [2.05, 4.69) is 5.32 Å². The second-order valence-electron chi connectivity index (χ2n) is 6.17. The monoisotopic (exact) mass is 341 g/mol. The number of nitrogens with one attached hydrogen (secondary N) is 1. The van der Waals surface area contributed by atoms with Gasteiger partial charge in [0, 0.05) is 18.1 Å². The van der Waals surface area contributed by atoms with Crippen LogP contribution >= 0.6 is 0 Å². The van der Waals surface area contributed by atoms with Gasteiger partial charge in [0.2, 0.25) is 0 Å². The number of hydrogen-bond acceptors (Lipinski definition) is 4. The molecule has 1 N–H and O–H groups in total. The van der Waals surface area contributed by atoms with Crippen molar-refractivity contribution in [3.8, 4) is 17.2 Å². The molecule has 5 heteroatoms. The Morgan fingerprint density at radius 2 is 2.00 bits per heavy atom. The lowest BCUT2D eigenvalue weighted by Crippen LogP contribution is -2.20. The number of aryl methyl sites for hydroxylation is 1. The number of carbonyl (C=O) groups excluding carboxylic acids is 1. The number of carbonyl (C=O) groups is 1. The minimum absolute atomic E-state index is 0.0665. The van der Waals surface area contributed by atoms with Gasteiger partial charge in [-0.2, -0.15) is 0 Å². The molecule has 0 bridgehead atoms. The molecule has 2 aromatic rings. The average molecular weight is 341 g/mol. The molecule has 1 unspecified atom stereocenters. The van der Waals surface area contributed by atoms with Crippen molar-refractivity contribution in [2.75, 3.05) is 18.5 Å². The number of anilines is 1. The van der Waals surface area contributed by atoms with Gasteiger partial charge in [0.25, 0.3) is 5.91 Å².